The van der Waals surface area contributed by atoms with Gasteiger partial charge in [0.1, 0.15) is 0 Å². The fraction of sp³-hybridized carbons (Fsp3) is 0.300. The summed E-state index contributed by atoms with van der Waals surface area (Å²) in [7, 11) is 0. The number of carbonyl (C=O) groups is 1. The van der Waals surface area contributed by atoms with E-state index in [2.05, 4.69) is 5.32 Å². The van der Waals surface area contributed by atoms with Gasteiger partial charge in [0.25, 0.3) is 0 Å². The largest absolute Gasteiger partial charge is 0.449 e. The van der Waals surface area contributed by atoms with E-state index in [4.69, 9.17) is 27.9 Å². The summed E-state index contributed by atoms with van der Waals surface area (Å²) >= 11 is 11.9. The molecular formula is C10H9Cl2NO2. The Balaban J connectivity index is 2.27. The predicted octanol–water partition coefficient (Wildman–Crippen LogP) is 3.16. The van der Waals surface area contributed by atoms with E-state index >= 15 is 0 Å². The number of hydrogen-bond donors (Lipinski definition) is 1. The number of benzene rings is 1. The van der Waals surface area contributed by atoms with Crippen LogP contribution in [0.2, 0.25) is 10.0 Å². The maximum absolute atomic E-state index is 11.0. The second-order valence-corrected chi connectivity index (χ2v) is 4.13. The number of cyclic esters (lactones) is 1. The van der Waals surface area contributed by atoms with Gasteiger partial charge in [0.05, 0.1) is 12.6 Å². The summed E-state index contributed by atoms with van der Waals surface area (Å²) < 4.78 is 4.77. The highest BCUT2D eigenvalue weighted by Gasteiger charge is 2.22. The quantitative estimate of drug-likeness (QED) is 0.826. The topological polar surface area (TPSA) is 38.3 Å². The van der Waals surface area contributed by atoms with Crippen LogP contribution in [0.25, 0.3) is 0 Å². The summed E-state index contributed by atoms with van der Waals surface area (Å²) in [6.45, 7) is 0.402. The molecule has 0 aliphatic carbocycles. The summed E-state index contributed by atoms with van der Waals surface area (Å²) in [6, 6.07) is 5.09. The Hall–Kier alpha value is -0.930. The Morgan fingerprint density at radius 2 is 2.20 bits per heavy atom. The molecule has 1 saturated heterocycles. The van der Waals surface area contributed by atoms with Gasteiger partial charge in [0.15, 0.2) is 0 Å². The van der Waals surface area contributed by atoms with Gasteiger partial charge in [-0.1, -0.05) is 23.2 Å². The Kier molecular flexibility index (Phi) is 3.03. The van der Waals surface area contributed by atoms with Crippen molar-refractivity contribution in [1.29, 1.82) is 0 Å². The van der Waals surface area contributed by atoms with E-state index in [1.54, 1.807) is 18.2 Å². The molecule has 15 heavy (non-hydrogen) atoms. The molecule has 0 unspecified atom stereocenters. The third kappa shape index (κ3) is 2.36. The van der Waals surface area contributed by atoms with Gasteiger partial charge < -0.3 is 10.1 Å². The SMILES string of the molecule is O=C1N[C@H](c2cc(Cl)ccc2Cl)CCO1. The highest BCUT2D eigenvalue weighted by Crippen LogP contribution is 2.29. The molecule has 1 aliphatic heterocycles. The molecule has 1 aliphatic rings. The van der Waals surface area contributed by atoms with Gasteiger partial charge in [0, 0.05) is 16.5 Å². The second-order valence-electron chi connectivity index (χ2n) is 3.29. The normalized spacial score (nSPS) is 20.7. The number of alkyl carbamates (subject to hydrolysis) is 1. The number of amides is 1. The van der Waals surface area contributed by atoms with Gasteiger partial charge in [-0.25, -0.2) is 4.79 Å². The van der Waals surface area contributed by atoms with E-state index in [1.807, 2.05) is 0 Å². The van der Waals surface area contributed by atoms with Crippen molar-refractivity contribution in [3.8, 4) is 0 Å². The molecule has 0 bridgehead atoms. The Morgan fingerprint density at radius 3 is 2.93 bits per heavy atom. The molecule has 5 heteroatoms. The molecule has 1 aromatic carbocycles. The summed E-state index contributed by atoms with van der Waals surface area (Å²) in [6.07, 6.45) is 0.286. The van der Waals surface area contributed by atoms with E-state index < -0.39 is 6.09 Å². The first-order valence-electron chi connectivity index (χ1n) is 4.55. The van der Waals surface area contributed by atoms with Gasteiger partial charge in [-0.05, 0) is 23.8 Å². The van der Waals surface area contributed by atoms with E-state index in [0.29, 0.717) is 23.1 Å². The number of halogens is 2. The average molecular weight is 246 g/mol. The Morgan fingerprint density at radius 1 is 1.40 bits per heavy atom. The maximum Gasteiger partial charge on any atom is 0.407 e. The first kappa shape index (κ1) is 10.6. The van der Waals surface area contributed by atoms with Gasteiger partial charge in [-0.2, -0.15) is 0 Å². The van der Waals surface area contributed by atoms with Crippen molar-refractivity contribution in [3.63, 3.8) is 0 Å². The third-order valence-electron chi connectivity index (χ3n) is 2.27. The van der Waals surface area contributed by atoms with E-state index in [9.17, 15) is 4.79 Å². The van der Waals surface area contributed by atoms with E-state index in [1.165, 1.54) is 0 Å². The molecular weight excluding hydrogens is 237 g/mol. The average Bonchev–Trinajstić information content (AvgIpc) is 2.22. The van der Waals surface area contributed by atoms with Crippen LogP contribution in [0.5, 0.6) is 0 Å². The van der Waals surface area contributed by atoms with Crippen LogP contribution in [0.4, 0.5) is 4.79 Å². The van der Waals surface area contributed by atoms with E-state index in [-0.39, 0.29) is 6.04 Å². The van der Waals surface area contributed by atoms with Crippen molar-refractivity contribution in [3.05, 3.63) is 33.8 Å². The molecule has 0 radical (unpaired) electrons. The summed E-state index contributed by atoms with van der Waals surface area (Å²) in [5.74, 6) is 0. The fourth-order valence-corrected chi connectivity index (χ4v) is 1.97. The zero-order valence-corrected chi connectivity index (χ0v) is 9.31. The van der Waals surface area contributed by atoms with Crippen LogP contribution in [0.3, 0.4) is 0 Å². The highest BCUT2D eigenvalue weighted by atomic mass is 35.5. The smallest absolute Gasteiger partial charge is 0.407 e. The third-order valence-corrected chi connectivity index (χ3v) is 2.84. The van der Waals surface area contributed by atoms with Crippen molar-refractivity contribution in [2.24, 2.45) is 0 Å². The summed E-state index contributed by atoms with van der Waals surface area (Å²) in [4.78, 5) is 11.0. The number of carbonyl (C=O) groups excluding carboxylic acids is 1. The second kappa shape index (κ2) is 4.29. The highest BCUT2D eigenvalue weighted by molar-refractivity contribution is 6.33. The number of nitrogens with one attached hydrogen (secondary N) is 1. The summed E-state index contributed by atoms with van der Waals surface area (Å²) in [5, 5.41) is 3.91. The van der Waals surface area contributed by atoms with Gasteiger partial charge in [-0.3, -0.25) is 0 Å². The van der Waals surface area contributed by atoms with Crippen molar-refractivity contribution in [2.45, 2.75) is 12.5 Å². The van der Waals surface area contributed by atoms with Crippen molar-refractivity contribution >= 4 is 29.3 Å². The molecule has 1 fully saturated rings. The first-order chi connectivity index (χ1) is 7.16. The van der Waals surface area contributed by atoms with Crippen molar-refractivity contribution in [2.75, 3.05) is 6.61 Å². The first-order valence-corrected chi connectivity index (χ1v) is 5.30. The molecule has 1 atom stereocenters. The molecule has 1 heterocycles. The van der Waals surface area contributed by atoms with Crippen LogP contribution in [-0.2, 0) is 4.74 Å². The van der Waals surface area contributed by atoms with Crippen LogP contribution in [0.1, 0.15) is 18.0 Å². The predicted molar refractivity (Wildman–Crippen MR) is 58.3 cm³/mol. The zero-order chi connectivity index (χ0) is 10.8. The molecule has 1 amide bonds. The van der Waals surface area contributed by atoms with Crippen LogP contribution >= 0.6 is 23.2 Å². The molecule has 0 spiro atoms. The minimum absolute atomic E-state index is 0.113. The molecule has 0 saturated carbocycles. The van der Waals surface area contributed by atoms with Gasteiger partial charge >= 0.3 is 6.09 Å². The molecule has 2 rings (SSSR count). The number of hydrogen-bond acceptors (Lipinski definition) is 2. The minimum Gasteiger partial charge on any atom is -0.449 e. The molecule has 1 N–H and O–H groups in total. The molecule has 1 aromatic rings. The fourth-order valence-electron chi connectivity index (χ4n) is 1.54. The van der Waals surface area contributed by atoms with Crippen LogP contribution in [-0.4, -0.2) is 12.7 Å². The van der Waals surface area contributed by atoms with Gasteiger partial charge in [-0.15, -0.1) is 0 Å². The lowest BCUT2D eigenvalue weighted by atomic mass is 10.0. The summed E-state index contributed by atoms with van der Waals surface area (Å²) in [5.41, 5.74) is 0.834. The van der Waals surface area contributed by atoms with Crippen LogP contribution in [0, 0.1) is 0 Å². The minimum atomic E-state index is -0.415. The standard InChI is InChI=1S/C10H9Cl2NO2/c11-6-1-2-8(12)7(5-6)9-3-4-15-10(14)13-9/h1-2,5,9H,3-4H2,(H,13,14)/t9-/m0/s1. The number of rotatable bonds is 1. The van der Waals surface area contributed by atoms with Gasteiger partial charge in [0.2, 0.25) is 0 Å². The molecule has 3 nitrogen and oxygen atoms in total. The van der Waals surface area contributed by atoms with Crippen LogP contribution in [0.15, 0.2) is 18.2 Å². The van der Waals surface area contributed by atoms with Crippen LogP contribution < -0.4 is 5.32 Å². The lowest BCUT2D eigenvalue weighted by Gasteiger charge is -2.24. The van der Waals surface area contributed by atoms with Crippen molar-refractivity contribution in [1.82, 2.24) is 5.32 Å². The molecule has 80 valence electrons. The maximum atomic E-state index is 11.0. The Labute approximate surface area is 97.3 Å². The molecule has 0 aromatic heterocycles. The lowest BCUT2D eigenvalue weighted by molar-refractivity contribution is 0.115. The van der Waals surface area contributed by atoms with Crippen molar-refractivity contribution < 1.29 is 9.53 Å². The lowest BCUT2D eigenvalue weighted by Crippen LogP contribution is -2.35. The zero-order valence-electron chi connectivity index (χ0n) is 7.80. The van der Waals surface area contributed by atoms with E-state index in [0.717, 1.165) is 5.56 Å². The Bertz CT molecular complexity index is 395. The monoisotopic (exact) mass is 245 g/mol. The number of ether oxygens (including phenoxy) is 1.